The van der Waals surface area contributed by atoms with E-state index in [1.54, 1.807) is 0 Å². The van der Waals surface area contributed by atoms with Crippen molar-refractivity contribution in [3.63, 3.8) is 0 Å². The first-order valence-electron chi connectivity index (χ1n) is 8.19. The van der Waals surface area contributed by atoms with E-state index in [4.69, 9.17) is 5.11 Å². The largest absolute Gasteiger partial charge is 0.481 e. The highest BCUT2D eigenvalue weighted by atomic mass is 16.4. The Hall–Kier alpha value is -2.30. The van der Waals surface area contributed by atoms with Gasteiger partial charge in [0, 0.05) is 31.1 Å². The third kappa shape index (κ3) is 6.14. The predicted octanol–water partition coefficient (Wildman–Crippen LogP) is 3.25. The minimum absolute atomic E-state index is 0.0738. The molecule has 0 aliphatic rings. The van der Waals surface area contributed by atoms with Gasteiger partial charge < -0.3 is 15.4 Å². The van der Waals surface area contributed by atoms with Gasteiger partial charge in [-0.25, -0.2) is 0 Å². The van der Waals surface area contributed by atoms with Crippen LogP contribution in [0.4, 0.5) is 0 Å². The van der Waals surface area contributed by atoms with Crippen molar-refractivity contribution in [3.05, 3.63) is 36.0 Å². The fourth-order valence-corrected chi connectivity index (χ4v) is 2.59. The van der Waals surface area contributed by atoms with E-state index in [1.807, 2.05) is 18.3 Å². The third-order valence-electron chi connectivity index (χ3n) is 3.90. The zero-order valence-corrected chi connectivity index (χ0v) is 13.3. The summed E-state index contributed by atoms with van der Waals surface area (Å²) in [4.78, 5) is 25.3. The maximum absolute atomic E-state index is 11.8. The molecule has 0 spiro atoms. The van der Waals surface area contributed by atoms with E-state index in [0.717, 1.165) is 31.2 Å². The molecule has 2 aromatic rings. The molecule has 0 saturated carbocycles. The van der Waals surface area contributed by atoms with Gasteiger partial charge in [0.1, 0.15) is 0 Å². The quantitative estimate of drug-likeness (QED) is 0.588. The number of carboxylic acids is 1. The first-order chi connectivity index (χ1) is 11.1. The zero-order valence-electron chi connectivity index (χ0n) is 13.3. The lowest BCUT2D eigenvalue weighted by molar-refractivity contribution is -0.137. The van der Waals surface area contributed by atoms with Crippen molar-refractivity contribution in [2.45, 2.75) is 44.9 Å². The van der Waals surface area contributed by atoms with Gasteiger partial charge in [-0.15, -0.1) is 0 Å². The smallest absolute Gasteiger partial charge is 0.303 e. The van der Waals surface area contributed by atoms with E-state index < -0.39 is 5.97 Å². The van der Waals surface area contributed by atoms with Crippen LogP contribution in [-0.2, 0) is 16.0 Å². The Labute approximate surface area is 136 Å². The van der Waals surface area contributed by atoms with Crippen LogP contribution in [0.15, 0.2) is 30.5 Å². The number of aryl methyl sites for hydroxylation is 1. The highest BCUT2D eigenvalue weighted by Gasteiger charge is 2.03. The van der Waals surface area contributed by atoms with Crippen LogP contribution in [0.2, 0.25) is 0 Å². The Morgan fingerprint density at radius 3 is 2.70 bits per heavy atom. The molecule has 5 nitrogen and oxygen atoms in total. The first-order valence-corrected chi connectivity index (χ1v) is 8.19. The summed E-state index contributed by atoms with van der Waals surface area (Å²) in [5.74, 6) is -0.666. The van der Waals surface area contributed by atoms with Gasteiger partial charge in [0.2, 0.25) is 5.91 Å². The van der Waals surface area contributed by atoms with Crippen molar-refractivity contribution in [2.75, 3.05) is 6.54 Å². The van der Waals surface area contributed by atoms with E-state index >= 15 is 0 Å². The first kappa shape index (κ1) is 17.1. The van der Waals surface area contributed by atoms with Crippen molar-refractivity contribution < 1.29 is 14.7 Å². The van der Waals surface area contributed by atoms with Crippen LogP contribution in [-0.4, -0.2) is 28.5 Å². The molecule has 23 heavy (non-hydrogen) atoms. The summed E-state index contributed by atoms with van der Waals surface area (Å²) in [6.45, 7) is 0.669. The molecular formula is C18H24N2O3. The van der Waals surface area contributed by atoms with Crippen molar-refractivity contribution in [1.29, 1.82) is 0 Å². The number of aromatic nitrogens is 1. The minimum Gasteiger partial charge on any atom is -0.481 e. The van der Waals surface area contributed by atoms with Crippen LogP contribution in [0.3, 0.4) is 0 Å². The van der Waals surface area contributed by atoms with E-state index in [9.17, 15) is 9.59 Å². The highest BCUT2D eigenvalue weighted by Crippen LogP contribution is 2.15. The van der Waals surface area contributed by atoms with Gasteiger partial charge in [-0.1, -0.05) is 18.9 Å². The van der Waals surface area contributed by atoms with Gasteiger partial charge in [0.15, 0.2) is 0 Å². The molecule has 0 aliphatic carbocycles. The number of nitrogens with one attached hydrogen (secondary N) is 2. The predicted molar refractivity (Wildman–Crippen MR) is 90.4 cm³/mol. The molecule has 2 rings (SSSR count). The molecule has 0 aliphatic heterocycles. The van der Waals surface area contributed by atoms with E-state index in [-0.39, 0.29) is 12.3 Å². The van der Waals surface area contributed by atoms with Gasteiger partial charge in [0.25, 0.3) is 0 Å². The van der Waals surface area contributed by atoms with Crippen molar-refractivity contribution in [3.8, 4) is 0 Å². The summed E-state index contributed by atoms with van der Waals surface area (Å²) in [5, 5.41) is 12.6. The average Bonchev–Trinajstić information content (AvgIpc) is 2.99. The van der Waals surface area contributed by atoms with Crippen LogP contribution in [0.25, 0.3) is 10.9 Å². The second kappa shape index (κ2) is 8.98. The van der Waals surface area contributed by atoms with Crippen LogP contribution >= 0.6 is 0 Å². The molecular weight excluding hydrogens is 292 g/mol. The molecule has 1 aromatic heterocycles. The molecule has 0 atom stereocenters. The summed E-state index contributed by atoms with van der Waals surface area (Å²) in [6, 6.07) is 8.24. The fraction of sp³-hybridized carbons (Fsp3) is 0.444. The van der Waals surface area contributed by atoms with Crippen LogP contribution in [0, 0.1) is 0 Å². The number of amides is 1. The summed E-state index contributed by atoms with van der Waals surface area (Å²) in [5.41, 5.74) is 2.28. The number of carboxylic acid groups (broad SMARTS) is 1. The van der Waals surface area contributed by atoms with E-state index in [1.165, 1.54) is 10.9 Å². The molecule has 124 valence electrons. The molecule has 0 saturated heterocycles. The monoisotopic (exact) mass is 316 g/mol. The van der Waals surface area contributed by atoms with Crippen LogP contribution in [0.5, 0.6) is 0 Å². The van der Waals surface area contributed by atoms with Gasteiger partial charge in [-0.3, -0.25) is 9.59 Å². The van der Waals surface area contributed by atoms with Crippen LogP contribution < -0.4 is 5.32 Å². The highest BCUT2D eigenvalue weighted by molar-refractivity contribution is 5.80. The Balaban J connectivity index is 1.57. The number of unbranched alkanes of at least 4 members (excludes halogenated alkanes) is 3. The number of hydrogen-bond donors (Lipinski definition) is 3. The summed E-state index contributed by atoms with van der Waals surface area (Å²) >= 11 is 0. The molecule has 1 amide bonds. The van der Waals surface area contributed by atoms with Gasteiger partial charge in [-0.05, 0) is 48.4 Å². The second-order valence-corrected chi connectivity index (χ2v) is 5.81. The van der Waals surface area contributed by atoms with Crippen molar-refractivity contribution in [1.82, 2.24) is 10.3 Å². The standard InChI is InChI=1S/C18H24N2O3/c21-17(20-11-4-2-1-3-5-18(22)23)9-7-14-6-8-16-15(13-14)10-12-19-16/h6,8,10,12-13,19H,1-5,7,9,11H2,(H,20,21)(H,22,23). The Morgan fingerprint density at radius 2 is 1.87 bits per heavy atom. The lowest BCUT2D eigenvalue weighted by Gasteiger charge is -2.05. The van der Waals surface area contributed by atoms with Gasteiger partial charge in [0.05, 0.1) is 0 Å². The Kier molecular flexibility index (Phi) is 6.66. The maximum atomic E-state index is 11.8. The van der Waals surface area contributed by atoms with Gasteiger partial charge in [-0.2, -0.15) is 0 Å². The third-order valence-corrected chi connectivity index (χ3v) is 3.90. The number of carbonyl (C=O) groups excluding carboxylic acids is 1. The van der Waals surface area contributed by atoms with Crippen molar-refractivity contribution in [2.24, 2.45) is 0 Å². The number of hydrogen-bond acceptors (Lipinski definition) is 2. The molecule has 0 unspecified atom stereocenters. The van der Waals surface area contributed by atoms with Gasteiger partial charge >= 0.3 is 5.97 Å². The average molecular weight is 316 g/mol. The number of rotatable bonds is 10. The molecule has 3 N–H and O–H groups in total. The summed E-state index contributed by atoms with van der Waals surface area (Å²) in [7, 11) is 0. The normalized spacial score (nSPS) is 10.8. The lowest BCUT2D eigenvalue weighted by atomic mass is 10.1. The molecule has 5 heteroatoms. The Morgan fingerprint density at radius 1 is 1.04 bits per heavy atom. The topological polar surface area (TPSA) is 82.2 Å². The van der Waals surface area contributed by atoms with Crippen molar-refractivity contribution >= 4 is 22.8 Å². The Bertz CT molecular complexity index is 649. The molecule has 1 aromatic carbocycles. The maximum Gasteiger partial charge on any atom is 0.303 e. The number of fused-ring (bicyclic) bond motifs is 1. The molecule has 0 radical (unpaired) electrons. The second-order valence-electron chi connectivity index (χ2n) is 5.81. The number of H-pyrrole nitrogens is 1. The number of carbonyl (C=O) groups is 2. The van der Waals surface area contributed by atoms with E-state index in [2.05, 4.69) is 22.4 Å². The molecule has 1 heterocycles. The fourth-order valence-electron chi connectivity index (χ4n) is 2.59. The zero-order chi connectivity index (χ0) is 16.5. The molecule has 0 bridgehead atoms. The molecule has 0 fully saturated rings. The number of benzene rings is 1. The SMILES string of the molecule is O=C(O)CCCCCCNC(=O)CCc1ccc2[nH]ccc2c1. The minimum atomic E-state index is -0.740. The number of aromatic amines is 1. The van der Waals surface area contributed by atoms with E-state index in [0.29, 0.717) is 19.4 Å². The number of aliphatic carboxylic acids is 1. The lowest BCUT2D eigenvalue weighted by Crippen LogP contribution is -2.24. The van der Waals surface area contributed by atoms with Crippen LogP contribution in [0.1, 0.15) is 44.1 Å². The summed E-state index contributed by atoms with van der Waals surface area (Å²) < 4.78 is 0. The summed E-state index contributed by atoms with van der Waals surface area (Å²) in [6.07, 6.45) is 6.86.